The summed E-state index contributed by atoms with van der Waals surface area (Å²) in [4.78, 5) is 25.0. The monoisotopic (exact) mass is 254 g/mol. The number of piperidine rings is 1. The summed E-state index contributed by atoms with van der Waals surface area (Å²) in [6.07, 6.45) is 3.17. The second kappa shape index (κ2) is 4.51. The maximum atomic E-state index is 11.9. The molecule has 0 radical (unpaired) electrons. The third kappa shape index (κ3) is 2.35. The predicted octanol–water partition coefficient (Wildman–Crippen LogP) is 0.471. The Morgan fingerprint density at radius 1 is 1.11 bits per heavy atom. The first-order valence-electron chi connectivity index (χ1n) is 6.56. The third-order valence-electron chi connectivity index (χ3n) is 3.80. The average Bonchev–Trinajstić information content (AvgIpc) is 3.13. The summed E-state index contributed by atoms with van der Waals surface area (Å²) in [6, 6.07) is -0.278. The highest BCUT2D eigenvalue weighted by atomic mass is 16.7. The van der Waals surface area contributed by atoms with Gasteiger partial charge in [-0.05, 0) is 12.8 Å². The van der Waals surface area contributed by atoms with Crippen LogP contribution in [0.25, 0.3) is 0 Å². The molecule has 0 aromatic heterocycles. The number of ether oxygens (including phenoxy) is 2. The molecule has 100 valence electrons. The van der Waals surface area contributed by atoms with Crippen molar-refractivity contribution in [3.8, 4) is 0 Å². The van der Waals surface area contributed by atoms with Gasteiger partial charge in [-0.1, -0.05) is 0 Å². The van der Waals surface area contributed by atoms with Crippen LogP contribution in [0, 0.1) is 5.92 Å². The van der Waals surface area contributed by atoms with Gasteiger partial charge in [0.25, 0.3) is 0 Å². The van der Waals surface area contributed by atoms with Crippen LogP contribution in [0.2, 0.25) is 0 Å². The number of hydrogen-bond acceptors (Lipinski definition) is 4. The minimum Gasteiger partial charge on any atom is -0.347 e. The molecule has 0 unspecified atom stereocenters. The van der Waals surface area contributed by atoms with E-state index >= 15 is 0 Å². The topological polar surface area (TPSA) is 67.9 Å². The Hall–Kier alpha value is -1.14. The van der Waals surface area contributed by atoms with E-state index in [0.717, 1.165) is 12.8 Å². The summed E-state index contributed by atoms with van der Waals surface area (Å²) in [7, 11) is 0. The molecule has 2 heterocycles. The van der Waals surface area contributed by atoms with Crippen LogP contribution in [0.3, 0.4) is 0 Å². The molecular weight excluding hydrogens is 236 g/mol. The smallest absolute Gasteiger partial charge is 0.324 e. The fourth-order valence-electron chi connectivity index (χ4n) is 2.47. The van der Waals surface area contributed by atoms with E-state index in [-0.39, 0.29) is 17.9 Å². The molecule has 0 aromatic carbocycles. The molecule has 18 heavy (non-hydrogen) atoms. The number of nitrogens with one attached hydrogen (secondary N) is 1. The van der Waals surface area contributed by atoms with E-state index in [4.69, 9.17) is 9.47 Å². The lowest BCUT2D eigenvalue weighted by atomic mass is 10.0. The molecule has 3 rings (SSSR count). The number of carbonyl (C=O) groups is 2. The molecule has 6 heteroatoms. The van der Waals surface area contributed by atoms with Crippen LogP contribution in [0.15, 0.2) is 0 Å². The Kier molecular flexibility index (Phi) is 2.99. The second-order valence-corrected chi connectivity index (χ2v) is 5.16. The summed E-state index contributed by atoms with van der Waals surface area (Å²) >= 11 is 0. The van der Waals surface area contributed by atoms with Crippen molar-refractivity contribution in [2.45, 2.75) is 31.5 Å². The highest BCUT2D eigenvalue weighted by Crippen LogP contribution is 2.31. The van der Waals surface area contributed by atoms with Gasteiger partial charge in [0.1, 0.15) is 0 Å². The van der Waals surface area contributed by atoms with E-state index < -0.39 is 5.79 Å². The van der Waals surface area contributed by atoms with Crippen molar-refractivity contribution >= 4 is 11.9 Å². The Balaban J connectivity index is 1.49. The van der Waals surface area contributed by atoms with E-state index in [2.05, 4.69) is 5.32 Å². The van der Waals surface area contributed by atoms with Crippen molar-refractivity contribution in [3.63, 3.8) is 0 Å². The zero-order valence-electron chi connectivity index (χ0n) is 10.3. The highest BCUT2D eigenvalue weighted by molar-refractivity contribution is 5.96. The molecule has 2 saturated heterocycles. The van der Waals surface area contributed by atoms with E-state index in [1.54, 1.807) is 4.90 Å². The first-order valence-corrected chi connectivity index (χ1v) is 6.56. The fourth-order valence-corrected chi connectivity index (χ4v) is 2.47. The van der Waals surface area contributed by atoms with Crippen molar-refractivity contribution in [3.05, 3.63) is 0 Å². The van der Waals surface area contributed by atoms with Crippen LogP contribution >= 0.6 is 0 Å². The minimum atomic E-state index is -0.475. The van der Waals surface area contributed by atoms with E-state index in [0.29, 0.717) is 39.1 Å². The largest absolute Gasteiger partial charge is 0.347 e. The number of hydrogen-bond donors (Lipinski definition) is 1. The maximum Gasteiger partial charge on any atom is 0.324 e. The van der Waals surface area contributed by atoms with E-state index in [1.807, 2.05) is 0 Å². The molecule has 1 spiro atoms. The first-order chi connectivity index (χ1) is 8.69. The molecule has 0 bridgehead atoms. The van der Waals surface area contributed by atoms with E-state index in [9.17, 15) is 9.59 Å². The molecule has 3 aliphatic rings. The van der Waals surface area contributed by atoms with Crippen molar-refractivity contribution in [2.24, 2.45) is 5.92 Å². The molecule has 0 aromatic rings. The number of rotatable bonds is 1. The lowest BCUT2D eigenvalue weighted by Gasteiger charge is -2.37. The molecule has 6 nitrogen and oxygen atoms in total. The molecule has 3 fully saturated rings. The van der Waals surface area contributed by atoms with Gasteiger partial charge in [-0.3, -0.25) is 10.1 Å². The normalized spacial score (nSPS) is 26.3. The first kappa shape index (κ1) is 11.9. The van der Waals surface area contributed by atoms with Crippen molar-refractivity contribution < 1.29 is 19.1 Å². The number of nitrogens with zero attached hydrogens (tertiary/aromatic N) is 1. The number of amides is 3. The van der Waals surface area contributed by atoms with Gasteiger partial charge in [-0.2, -0.15) is 0 Å². The zero-order chi connectivity index (χ0) is 12.6. The van der Waals surface area contributed by atoms with Crippen LogP contribution < -0.4 is 5.32 Å². The molecule has 0 atom stereocenters. The molecule has 1 N–H and O–H groups in total. The Morgan fingerprint density at radius 2 is 1.72 bits per heavy atom. The van der Waals surface area contributed by atoms with Gasteiger partial charge >= 0.3 is 6.03 Å². The van der Waals surface area contributed by atoms with Gasteiger partial charge in [0, 0.05) is 31.8 Å². The number of likely N-dealkylation sites (tertiary alicyclic amines) is 1. The summed E-state index contributed by atoms with van der Waals surface area (Å²) in [5, 5.41) is 2.46. The minimum absolute atomic E-state index is 0.0616. The highest BCUT2D eigenvalue weighted by Gasteiger charge is 2.41. The van der Waals surface area contributed by atoms with Crippen LogP contribution in [0.4, 0.5) is 4.79 Å². The van der Waals surface area contributed by atoms with E-state index in [1.165, 1.54) is 0 Å². The molecule has 1 aliphatic carbocycles. The van der Waals surface area contributed by atoms with Crippen LogP contribution in [-0.2, 0) is 14.3 Å². The van der Waals surface area contributed by atoms with Gasteiger partial charge < -0.3 is 14.4 Å². The summed E-state index contributed by atoms with van der Waals surface area (Å²) in [6.45, 7) is 2.41. The van der Waals surface area contributed by atoms with Crippen molar-refractivity contribution in [1.29, 1.82) is 0 Å². The predicted molar refractivity (Wildman–Crippen MR) is 61.7 cm³/mol. The molecule has 1 saturated carbocycles. The van der Waals surface area contributed by atoms with Gasteiger partial charge in [-0.15, -0.1) is 0 Å². The lowest BCUT2D eigenvalue weighted by molar-refractivity contribution is -0.181. The molecule has 3 amide bonds. The number of imide groups is 1. The van der Waals surface area contributed by atoms with Gasteiger partial charge in [0.15, 0.2) is 5.79 Å². The molecule has 2 aliphatic heterocycles. The third-order valence-corrected chi connectivity index (χ3v) is 3.80. The van der Waals surface area contributed by atoms with Crippen LogP contribution in [0.5, 0.6) is 0 Å². The maximum absolute atomic E-state index is 11.9. The number of carbonyl (C=O) groups excluding carboxylic acids is 2. The standard InChI is InChI=1S/C12H18N2O4/c15-10(9-1-2-9)13-11(16)14-5-3-12(4-6-14)17-7-8-18-12/h9H,1-8H2,(H,13,15,16). The lowest BCUT2D eigenvalue weighted by Crippen LogP contribution is -2.51. The van der Waals surface area contributed by atoms with Crippen molar-refractivity contribution in [2.75, 3.05) is 26.3 Å². The molecular formula is C12H18N2O4. The van der Waals surface area contributed by atoms with Gasteiger partial charge in [-0.25, -0.2) is 4.79 Å². The summed E-state index contributed by atoms with van der Waals surface area (Å²) in [5.74, 6) is -0.544. The van der Waals surface area contributed by atoms with Gasteiger partial charge in [0.2, 0.25) is 5.91 Å². The SMILES string of the molecule is O=C(NC(=O)N1CCC2(CC1)OCCO2)C1CC1. The van der Waals surface area contributed by atoms with Gasteiger partial charge in [0.05, 0.1) is 13.2 Å². The Bertz CT molecular complexity index is 351. The fraction of sp³-hybridized carbons (Fsp3) is 0.833. The Morgan fingerprint density at radius 3 is 2.28 bits per heavy atom. The zero-order valence-corrected chi connectivity index (χ0v) is 10.3. The van der Waals surface area contributed by atoms with Crippen LogP contribution in [-0.4, -0.2) is 48.9 Å². The number of urea groups is 1. The average molecular weight is 254 g/mol. The van der Waals surface area contributed by atoms with Crippen molar-refractivity contribution in [1.82, 2.24) is 10.2 Å². The summed E-state index contributed by atoms with van der Waals surface area (Å²) in [5.41, 5.74) is 0. The van der Waals surface area contributed by atoms with Crippen LogP contribution in [0.1, 0.15) is 25.7 Å². The quantitative estimate of drug-likeness (QED) is 0.738. The Labute approximate surface area is 106 Å². The summed E-state index contributed by atoms with van der Waals surface area (Å²) < 4.78 is 11.2. The second-order valence-electron chi connectivity index (χ2n) is 5.16.